The van der Waals surface area contributed by atoms with E-state index in [9.17, 15) is 0 Å². The van der Waals surface area contributed by atoms with E-state index in [2.05, 4.69) is 31.2 Å². The lowest BCUT2D eigenvalue weighted by molar-refractivity contribution is 0.270. The van der Waals surface area contributed by atoms with Gasteiger partial charge in [-0.25, -0.2) is 0 Å². The molecule has 0 aliphatic heterocycles. The van der Waals surface area contributed by atoms with Crippen LogP contribution in [0.25, 0.3) is 0 Å². The highest BCUT2D eigenvalue weighted by atomic mass is 79.9. The first-order chi connectivity index (χ1) is 12.1. The average Bonchev–Trinajstić information content (AvgIpc) is 3.18. The Bertz CT molecular complexity index is 963. The molecular formula is C16H14BrClN4O2S. The van der Waals surface area contributed by atoms with Crippen LogP contribution in [0.4, 0.5) is 0 Å². The first-order valence-corrected chi connectivity index (χ1v) is 9.02. The fraction of sp³-hybridized carbons (Fsp3) is 0.188. The standard InChI is InChI=1S/C16H14BrClN4O2S/c1-2-15-20-21-16(25)22(15)19-8-11-4-5-12(24-11)9-23-14-6-3-10(17)7-13(14)18/h3-8H,2,9H2,1H3,(H,21,25)/b19-8+. The van der Waals surface area contributed by atoms with Gasteiger partial charge in [-0.2, -0.15) is 14.9 Å². The molecule has 130 valence electrons. The van der Waals surface area contributed by atoms with Gasteiger partial charge in [0.1, 0.15) is 23.9 Å². The summed E-state index contributed by atoms with van der Waals surface area (Å²) in [5.74, 6) is 2.59. The van der Waals surface area contributed by atoms with Crippen LogP contribution in [0.2, 0.25) is 5.02 Å². The Labute approximate surface area is 162 Å². The van der Waals surface area contributed by atoms with Gasteiger partial charge in [-0.3, -0.25) is 5.10 Å². The van der Waals surface area contributed by atoms with Gasteiger partial charge in [-0.1, -0.05) is 34.5 Å². The maximum Gasteiger partial charge on any atom is 0.216 e. The van der Waals surface area contributed by atoms with Gasteiger partial charge in [0.25, 0.3) is 0 Å². The Morgan fingerprint density at radius 2 is 2.28 bits per heavy atom. The largest absolute Gasteiger partial charge is 0.484 e. The third kappa shape index (κ3) is 4.39. The summed E-state index contributed by atoms with van der Waals surface area (Å²) in [5.41, 5.74) is 0. The second-order valence-electron chi connectivity index (χ2n) is 5.02. The molecule has 25 heavy (non-hydrogen) atoms. The molecule has 0 amide bonds. The molecule has 3 aromatic rings. The van der Waals surface area contributed by atoms with Crippen LogP contribution in [0.3, 0.4) is 0 Å². The van der Waals surface area contributed by atoms with E-state index in [1.54, 1.807) is 29.1 Å². The third-order valence-corrected chi connectivity index (χ3v) is 4.33. The van der Waals surface area contributed by atoms with E-state index in [-0.39, 0.29) is 6.61 Å². The Morgan fingerprint density at radius 1 is 1.44 bits per heavy atom. The number of benzene rings is 1. The highest BCUT2D eigenvalue weighted by Crippen LogP contribution is 2.28. The molecule has 1 aromatic carbocycles. The molecule has 2 heterocycles. The monoisotopic (exact) mass is 440 g/mol. The smallest absolute Gasteiger partial charge is 0.216 e. The van der Waals surface area contributed by atoms with Gasteiger partial charge in [-0.05, 0) is 42.5 Å². The number of hydrogen-bond acceptors (Lipinski definition) is 5. The van der Waals surface area contributed by atoms with Crippen LogP contribution in [0.5, 0.6) is 5.75 Å². The van der Waals surface area contributed by atoms with E-state index in [4.69, 9.17) is 33.0 Å². The number of furan rings is 1. The van der Waals surface area contributed by atoms with Crippen molar-refractivity contribution in [3.63, 3.8) is 0 Å². The molecule has 0 fully saturated rings. The van der Waals surface area contributed by atoms with Crippen molar-refractivity contribution in [2.24, 2.45) is 5.10 Å². The first kappa shape index (κ1) is 17.9. The maximum atomic E-state index is 6.12. The lowest BCUT2D eigenvalue weighted by Gasteiger charge is -2.06. The van der Waals surface area contributed by atoms with E-state index in [0.717, 1.165) is 16.7 Å². The van der Waals surface area contributed by atoms with Crippen LogP contribution < -0.4 is 4.74 Å². The zero-order valence-corrected chi connectivity index (χ0v) is 16.4. The molecule has 0 spiro atoms. The number of aromatic amines is 1. The molecule has 6 nitrogen and oxygen atoms in total. The quantitative estimate of drug-likeness (QED) is 0.433. The van der Waals surface area contributed by atoms with Crippen molar-refractivity contribution in [3.05, 3.63) is 61.9 Å². The number of rotatable bonds is 6. The Kier molecular flexibility index (Phi) is 5.72. The fourth-order valence-electron chi connectivity index (χ4n) is 2.07. The molecule has 0 unspecified atom stereocenters. The fourth-order valence-corrected chi connectivity index (χ4v) is 3.00. The number of aromatic nitrogens is 3. The Hall–Kier alpha value is -1.90. The van der Waals surface area contributed by atoms with E-state index in [0.29, 0.717) is 27.1 Å². The van der Waals surface area contributed by atoms with E-state index >= 15 is 0 Å². The molecule has 0 radical (unpaired) electrons. The molecular weight excluding hydrogens is 428 g/mol. The Balaban J connectivity index is 1.67. The molecule has 0 aliphatic carbocycles. The maximum absolute atomic E-state index is 6.12. The van der Waals surface area contributed by atoms with Gasteiger partial charge in [0.15, 0.2) is 5.82 Å². The average molecular weight is 442 g/mol. The van der Waals surface area contributed by atoms with Crippen molar-refractivity contribution in [3.8, 4) is 5.75 Å². The van der Waals surface area contributed by atoms with Crippen LogP contribution in [-0.4, -0.2) is 21.1 Å². The van der Waals surface area contributed by atoms with Gasteiger partial charge in [0.05, 0.1) is 11.2 Å². The molecule has 0 saturated heterocycles. The minimum Gasteiger partial charge on any atom is -0.484 e. The van der Waals surface area contributed by atoms with Gasteiger partial charge >= 0.3 is 0 Å². The zero-order chi connectivity index (χ0) is 17.8. The second kappa shape index (κ2) is 7.99. The number of hydrogen-bond donors (Lipinski definition) is 1. The number of ether oxygens (including phenoxy) is 1. The van der Waals surface area contributed by atoms with E-state index < -0.39 is 0 Å². The number of halogens is 2. The molecule has 0 aliphatic rings. The van der Waals surface area contributed by atoms with Crippen LogP contribution in [-0.2, 0) is 13.0 Å². The first-order valence-electron chi connectivity index (χ1n) is 7.44. The summed E-state index contributed by atoms with van der Waals surface area (Å²) in [7, 11) is 0. The second-order valence-corrected chi connectivity index (χ2v) is 6.73. The van der Waals surface area contributed by atoms with E-state index in [1.807, 2.05) is 19.1 Å². The lowest BCUT2D eigenvalue weighted by Crippen LogP contribution is -1.97. The van der Waals surface area contributed by atoms with Crippen LogP contribution in [0.1, 0.15) is 24.3 Å². The highest BCUT2D eigenvalue weighted by molar-refractivity contribution is 9.10. The Morgan fingerprint density at radius 3 is 3.04 bits per heavy atom. The van der Waals surface area contributed by atoms with Crippen molar-refractivity contribution in [2.75, 3.05) is 0 Å². The van der Waals surface area contributed by atoms with Crippen molar-refractivity contribution < 1.29 is 9.15 Å². The molecule has 0 atom stereocenters. The van der Waals surface area contributed by atoms with Gasteiger partial charge in [-0.15, -0.1) is 0 Å². The molecule has 2 aromatic heterocycles. The lowest BCUT2D eigenvalue weighted by atomic mass is 10.3. The summed E-state index contributed by atoms with van der Waals surface area (Å²) < 4.78 is 14.2. The predicted octanol–water partition coefficient (Wildman–Crippen LogP) is 4.97. The minimum absolute atomic E-state index is 0.264. The summed E-state index contributed by atoms with van der Waals surface area (Å²) in [6.45, 7) is 2.24. The SMILES string of the molecule is CCc1n[nH]c(=S)n1/N=C/c1ccc(COc2ccc(Br)cc2Cl)o1. The van der Waals surface area contributed by atoms with Crippen molar-refractivity contribution in [2.45, 2.75) is 20.0 Å². The summed E-state index contributed by atoms with van der Waals surface area (Å²) in [6.07, 6.45) is 2.30. The number of aryl methyl sites for hydroxylation is 1. The normalized spacial score (nSPS) is 11.3. The molecule has 9 heteroatoms. The van der Waals surface area contributed by atoms with Gasteiger partial charge < -0.3 is 9.15 Å². The highest BCUT2D eigenvalue weighted by Gasteiger charge is 2.06. The minimum atomic E-state index is 0.264. The van der Waals surface area contributed by atoms with Crippen molar-refractivity contribution in [1.82, 2.24) is 14.9 Å². The van der Waals surface area contributed by atoms with Gasteiger partial charge in [0.2, 0.25) is 4.77 Å². The summed E-state index contributed by atoms with van der Waals surface area (Å²) >= 11 is 14.6. The van der Waals surface area contributed by atoms with Gasteiger partial charge in [0, 0.05) is 10.9 Å². The summed E-state index contributed by atoms with van der Waals surface area (Å²) in [5, 5.41) is 11.6. The third-order valence-electron chi connectivity index (χ3n) is 3.28. The molecule has 0 bridgehead atoms. The molecule has 3 rings (SSSR count). The predicted molar refractivity (Wildman–Crippen MR) is 102 cm³/mol. The molecule has 0 saturated carbocycles. The topological polar surface area (TPSA) is 68.3 Å². The summed E-state index contributed by atoms with van der Waals surface area (Å²) in [4.78, 5) is 0. The number of H-pyrrole nitrogens is 1. The van der Waals surface area contributed by atoms with Crippen molar-refractivity contribution in [1.29, 1.82) is 0 Å². The number of nitrogens with zero attached hydrogens (tertiary/aromatic N) is 3. The van der Waals surface area contributed by atoms with Crippen LogP contribution in [0.15, 0.2) is 44.3 Å². The van der Waals surface area contributed by atoms with Crippen LogP contribution >= 0.6 is 39.7 Å². The summed E-state index contributed by atoms with van der Waals surface area (Å²) in [6, 6.07) is 9.06. The van der Waals surface area contributed by atoms with Crippen LogP contribution in [0, 0.1) is 4.77 Å². The number of nitrogens with one attached hydrogen (secondary N) is 1. The zero-order valence-electron chi connectivity index (χ0n) is 13.2. The van der Waals surface area contributed by atoms with E-state index in [1.165, 1.54) is 0 Å². The van der Waals surface area contributed by atoms with Crippen molar-refractivity contribution >= 4 is 46.0 Å². The molecule has 1 N–H and O–H groups in total.